The first-order valence-corrected chi connectivity index (χ1v) is 8.01. The fourth-order valence-electron chi connectivity index (χ4n) is 2.29. The summed E-state index contributed by atoms with van der Waals surface area (Å²) in [6.07, 6.45) is 3.66. The van der Waals surface area contributed by atoms with Gasteiger partial charge in [0.2, 0.25) is 5.91 Å². The maximum Gasteiger partial charge on any atom is 0.224 e. The number of nitrogen functional groups attached to an aromatic ring is 1. The summed E-state index contributed by atoms with van der Waals surface area (Å²) in [6, 6.07) is 5.09. The lowest BCUT2D eigenvalue weighted by Crippen LogP contribution is -2.27. The van der Waals surface area contributed by atoms with Gasteiger partial charge in [0.1, 0.15) is 0 Å². The van der Waals surface area contributed by atoms with Crippen LogP contribution in [0, 0.1) is 0 Å². The van der Waals surface area contributed by atoms with Crippen molar-refractivity contribution in [1.29, 1.82) is 0 Å². The molecule has 0 saturated heterocycles. The van der Waals surface area contributed by atoms with Gasteiger partial charge in [-0.1, -0.05) is 25.4 Å². The van der Waals surface area contributed by atoms with E-state index in [1.165, 1.54) is 0 Å². The lowest BCUT2D eigenvalue weighted by atomic mass is 10.2. The minimum atomic E-state index is -0.00281. The highest BCUT2D eigenvalue weighted by Gasteiger charge is 2.07. The average Bonchev–Trinajstić information content (AvgIpc) is 2.42. The van der Waals surface area contributed by atoms with Crippen molar-refractivity contribution in [1.82, 2.24) is 4.90 Å². The SMILES string of the molecule is CCCN(CCC)CCCC(=O)Nc1ccc(Cl)cc1N. The van der Waals surface area contributed by atoms with Crippen LogP contribution in [0.25, 0.3) is 0 Å². The Kier molecular flexibility index (Phi) is 8.16. The summed E-state index contributed by atoms with van der Waals surface area (Å²) in [5, 5.41) is 3.40. The molecule has 0 aliphatic heterocycles. The zero-order chi connectivity index (χ0) is 15.7. The molecule has 0 heterocycles. The van der Waals surface area contributed by atoms with Gasteiger partial charge >= 0.3 is 0 Å². The molecular weight excluding hydrogens is 286 g/mol. The monoisotopic (exact) mass is 311 g/mol. The zero-order valence-electron chi connectivity index (χ0n) is 13.0. The van der Waals surface area contributed by atoms with Gasteiger partial charge in [0.15, 0.2) is 0 Å². The summed E-state index contributed by atoms with van der Waals surface area (Å²) in [4.78, 5) is 14.3. The molecule has 5 heteroatoms. The smallest absolute Gasteiger partial charge is 0.224 e. The predicted molar refractivity (Wildman–Crippen MR) is 90.8 cm³/mol. The Labute approximate surface area is 132 Å². The topological polar surface area (TPSA) is 58.4 Å². The van der Waals surface area contributed by atoms with Crippen LogP contribution in [0.15, 0.2) is 18.2 Å². The van der Waals surface area contributed by atoms with Gasteiger partial charge in [-0.15, -0.1) is 0 Å². The molecule has 1 aromatic rings. The quantitative estimate of drug-likeness (QED) is 0.683. The number of nitrogens with one attached hydrogen (secondary N) is 1. The molecule has 0 bridgehead atoms. The van der Waals surface area contributed by atoms with Crippen LogP contribution in [0.5, 0.6) is 0 Å². The van der Waals surface area contributed by atoms with E-state index in [1.807, 2.05) is 0 Å². The van der Waals surface area contributed by atoms with E-state index in [0.29, 0.717) is 22.8 Å². The predicted octanol–water partition coefficient (Wildman–Crippen LogP) is 3.76. The van der Waals surface area contributed by atoms with Crippen LogP contribution in [0.3, 0.4) is 0 Å². The average molecular weight is 312 g/mol. The minimum absolute atomic E-state index is 0.00281. The minimum Gasteiger partial charge on any atom is -0.397 e. The molecule has 0 unspecified atom stereocenters. The van der Waals surface area contributed by atoms with E-state index in [-0.39, 0.29) is 5.91 Å². The van der Waals surface area contributed by atoms with Crippen LogP contribution in [0.4, 0.5) is 11.4 Å². The fourth-order valence-corrected chi connectivity index (χ4v) is 2.47. The summed E-state index contributed by atoms with van der Waals surface area (Å²) >= 11 is 5.83. The van der Waals surface area contributed by atoms with Crippen LogP contribution in [-0.4, -0.2) is 30.4 Å². The van der Waals surface area contributed by atoms with Crippen molar-refractivity contribution in [3.8, 4) is 0 Å². The van der Waals surface area contributed by atoms with Gasteiger partial charge in [0, 0.05) is 11.4 Å². The molecule has 0 radical (unpaired) electrons. The van der Waals surface area contributed by atoms with E-state index in [2.05, 4.69) is 24.1 Å². The van der Waals surface area contributed by atoms with E-state index in [9.17, 15) is 4.79 Å². The molecule has 21 heavy (non-hydrogen) atoms. The van der Waals surface area contributed by atoms with Crippen molar-refractivity contribution in [3.63, 3.8) is 0 Å². The maximum atomic E-state index is 11.9. The number of nitrogens with two attached hydrogens (primary N) is 1. The number of carbonyl (C=O) groups excluding carboxylic acids is 1. The Bertz CT molecular complexity index is 445. The molecule has 3 N–H and O–H groups in total. The first-order valence-electron chi connectivity index (χ1n) is 7.64. The van der Waals surface area contributed by atoms with E-state index in [4.69, 9.17) is 17.3 Å². The Hall–Kier alpha value is -1.26. The number of amides is 1. The lowest BCUT2D eigenvalue weighted by Gasteiger charge is -2.20. The van der Waals surface area contributed by atoms with E-state index < -0.39 is 0 Å². The summed E-state index contributed by atoms with van der Waals surface area (Å²) in [7, 11) is 0. The first kappa shape index (κ1) is 17.8. The largest absolute Gasteiger partial charge is 0.397 e. The second-order valence-corrected chi connectivity index (χ2v) is 5.66. The van der Waals surface area contributed by atoms with Gasteiger partial charge in [0.25, 0.3) is 0 Å². The number of nitrogens with zero attached hydrogens (tertiary/aromatic N) is 1. The van der Waals surface area contributed by atoms with Crippen LogP contribution in [0.1, 0.15) is 39.5 Å². The molecule has 0 aliphatic rings. The number of hydrogen-bond donors (Lipinski definition) is 2. The highest BCUT2D eigenvalue weighted by Crippen LogP contribution is 2.22. The van der Waals surface area contributed by atoms with Crippen molar-refractivity contribution in [2.45, 2.75) is 39.5 Å². The molecule has 0 atom stereocenters. The second-order valence-electron chi connectivity index (χ2n) is 5.22. The first-order chi connectivity index (χ1) is 10.1. The third-order valence-electron chi connectivity index (χ3n) is 3.25. The van der Waals surface area contributed by atoms with Crippen LogP contribution < -0.4 is 11.1 Å². The van der Waals surface area contributed by atoms with E-state index >= 15 is 0 Å². The Morgan fingerprint density at radius 1 is 1.24 bits per heavy atom. The normalized spacial score (nSPS) is 10.9. The maximum absolute atomic E-state index is 11.9. The van der Waals surface area contributed by atoms with Crippen molar-refractivity contribution in [3.05, 3.63) is 23.2 Å². The third kappa shape index (κ3) is 6.82. The summed E-state index contributed by atoms with van der Waals surface area (Å²) < 4.78 is 0. The number of benzene rings is 1. The summed E-state index contributed by atoms with van der Waals surface area (Å²) in [5.41, 5.74) is 6.94. The third-order valence-corrected chi connectivity index (χ3v) is 3.48. The van der Waals surface area contributed by atoms with Gasteiger partial charge in [-0.05, 0) is 57.1 Å². The molecule has 0 fully saturated rings. The number of rotatable bonds is 9. The van der Waals surface area contributed by atoms with Gasteiger partial charge in [0.05, 0.1) is 11.4 Å². The van der Waals surface area contributed by atoms with Crippen molar-refractivity contribution in [2.75, 3.05) is 30.7 Å². The molecule has 4 nitrogen and oxygen atoms in total. The fraction of sp³-hybridized carbons (Fsp3) is 0.562. The molecule has 0 spiro atoms. The number of anilines is 2. The molecule has 1 amide bonds. The highest BCUT2D eigenvalue weighted by atomic mass is 35.5. The van der Waals surface area contributed by atoms with Crippen LogP contribution in [0.2, 0.25) is 5.02 Å². The lowest BCUT2D eigenvalue weighted by molar-refractivity contribution is -0.116. The van der Waals surface area contributed by atoms with Crippen LogP contribution in [-0.2, 0) is 4.79 Å². The molecule has 0 saturated carbocycles. The molecule has 1 aromatic carbocycles. The second kappa shape index (κ2) is 9.64. The van der Waals surface area contributed by atoms with E-state index in [1.54, 1.807) is 18.2 Å². The van der Waals surface area contributed by atoms with Gasteiger partial charge < -0.3 is 16.0 Å². The molecule has 1 rings (SSSR count). The summed E-state index contributed by atoms with van der Waals surface area (Å²) in [5.74, 6) is -0.00281. The molecule has 0 aliphatic carbocycles. The summed E-state index contributed by atoms with van der Waals surface area (Å²) in [6.45, 7) is 7.52. The van der Waals surface area contributed by atoms with Crippen molar-refractivity contribution in [2.24, 2.45) is 0 Å². The highest BCUT2D eigenvalue weighted by molar-refractivity contribution is 6.31. The Balaban J connectivity index is 2.36. The number of hydrogen-bond acceptors (Lipinski definition) is 3. The van der Waals surface area contributed by atoms with Crippen molar-refractivity contribution >= 4 is 28.9 Å². The Morgan fingerprint density at radius 3 is 2.48 bits per heavy atom. The standard InChI is InChI=1S/C16H26ClN3O/c1-3-9-20(10-4-2)11-5-6-16(21)19-15-8-7-13(17)12-14(15)18/h7-8,12H,3-6,9-11,18H2,1-2H3,(H,19,21). The number of halogens is 1. The molecular formula is C16H26ClN3O. The van der Waals surface area contributed by atoms with Crippen molar-refractivity contribution < 1.29 is 4.79 Å². The van der Waals surface area contributed by atoms with Gasteiger partial charge in [-0.25, -0.2) is 0 Å². The Morgan fingerprint density at radius 2 is 1.90 bits per heavy atom. The van der Waals surface area contributed by atoms with Gasteiger partial charge in [-0.2, -0.15) is 0 Å². The van der Waals surface area contributed by atoms with E-state index in [0.717, 1.165) is 38.9 Å². The molecule has 0 aromatic heterocycles. The zero-order valence-corrected chi connectivity index (χ0v) is 13.7. The van der Waals surface area contributed by atoms with Gasteiger partial charge in [-0.3, -0.25) is 4.79 Å². The van der Waals surface area contributed by atoms with Crippen LogP contribution >= 0.6 is 11.6 Å². The number of carbonyl (C=O) groups is 1. The molecule has 118 valence electrons.